The van der Waals surface area contributed by atoms with Crippen molar-refractivity contribution in [3.8, 4) is 6.07 Å². The molecule has 0 saturated carbocycles. The molecule has 0 spiro atoms. The number of nitrogens with one attached hydrogen (secondary N) is 1. The molecule has 52 valence electrons. The van der Waals surface area contributed by atoms with Crippen LogP contribution in [0.25, 0.3) is 0 Å². The van der Waals surface area contributed by atoms with Gasteiger partial charge in [0.15, 0.2) is 0 Å². The minimum Gasteiger partial charge on any atom is -0.276 e. The van der Waals surface area contributed by atoms with Gasteiger partial charge in [0.1, 0.15) is 15.8 Å². The molecule has 0 aliphatic heterocycles. The highest BCUT2D eigenvalue weighted by atomic mass is 32.2. The molecule has 0 aliphatic rings. The van der Waals surface area contributed by atoms with E-state index in [1.165, 1.54) is 23.3 Å². The van der Waals surface area contributed by atoms with Crippen LogP contribution < -0.4 is 5.56 Å². The highest BCUT2D eigenvalue weighted by Gasteiger charge is 2.06. The van der Waals surface area contributed by atoms with Crippen molar-refractivity contribution < 1.29 is 0 Å². The summed E-state index contributed by atoms with van der Waals surface area (Å²) in [6.07, 6.45) is 1.83. The molecule has 1 aromatic rings. The van der Waals surface area contributed by atoms with E-state index in [1.807, 2.05) is 12.3 Å². The van der Waals surface area contributed by atoms with Crippen LogP contribution in [0.4, 0.5) is 0 Å². The van der Waals surface area contributed by atoms with Gasteiger partial charge in [-0.25, -0.2) is 0 Å². The Morgan fingerprint density at radius 3 is 2.90 bits per heavy atom. The van der Waals surface area contributed by atoms with Crippen molar-refractivity contribution in [1.82, 2.24) is 4.37 Å². The Labute approximate surface area is 65.8 Å². The monoisotopic (exact) mass is 172 g/mol. The maximum atomic E-state index is 10.7. The number of rotatable bonds is 1. The fourth-order valence-corrected chi connectivity index (χ4v) is 1.86. The number of aromatic nitrogens is 1. The molecule has 0 bridgehead atoms. The van der Waals surface area contributed by atoms with Gasteiger partial charge in [0.05, 0.1) is 0 Å². The van der Waals surface area contributed by atoms with Crippen molar-refractivity contribution in [1.29, 1.82) is 5.26 Å². The third kappa shape index (κ3) is 1.08. The molecule has 0 atom stereocenters. The van der Waals surface area contributed by atoms with Crippen molar-refractivity contribution in [3.05, 3.63) is 15.9 Å². The van der Waals surface area contributed by atoms with Crippen molar-refractivity contribution >= 4 is 23.3 Å². The third-order valence-electron chi connectivity index (χ3n) is 0.965. The fraction of sp³-hybridized carbons (Fsp3) is 0.200. The molecule has 0 aromatic carbocycles. The molecule has 0 saturated heterocycles. The molecule has 1 rings (SSSR count). The summed E-state index contributed by atoms with van der Waals surface area (Å²) in [5, 5.41) is 8.44. The Morgan fingerprint density at radius 1 is 1.80 bits per heavy atom. The Bertz CT molecular complexity index is 319. The largest absolute Gasteiger partial charge is 0.277 e. The number of nitrogens with zero attached hydrogens (tertiary/aromatic N) is 1. The molecule has 3 nitrogen and oxygen atoms in total. The zero-order valence-corrected chi connectivity index (χ0v) is 6.80. The maximum Gasteiger partial charge on any atom is 0.277 e. The van der Waals surface area contributed by atoms with E-state index in [9.17, 15) is 4.79 Å². The van der Waals surface area contributed by atoms with Crippen LogP contribution in [-0.2, 0) is 0 Å². The lowest BCUT2D eigenvalue weighted by atomic mass is 10.4. The van der Waals surface area contributed by atoms with E-state index in [0.717, 1.165) is 4.21 Å². The second-order valence-corrected chi connectivity index (χ2v) is 3.40. The summed E-state index contributed by atoms with van der Waals surface area (Å²) in [6.45, 7) is 0. The first-order valence-corrected chi connectivity index (χ1v) is 4.49. The molecule has 10 heavy (non-hydrogen) atoms. The highest BCUT2D eigenvalue weighted by molar-refractivity contribution is 8.00. The van der Waals surface area contributed by atoms with Gasteiger partial charge in [-0.2, -0.15) is 5.26 Å². The lowest BCUT2D eigenvalue weighted by molar-refractivity contribution is 1.35. The Balaban J connectivity index is 3.30. The number of hydrogen-bond acceptors (Lipinski definition) is 4. The van der Waals surface area contributed by atoms with Gasteiger partial charge in [-0.05, 0) is 6.26 Å². The second kappa shape index (κ2) is 2.90. The van der Waals surface area contributed by atoms with E-state index in [2.05, 4.69) is 4.37 Å². The van der Waals surface area contributed by atoms with Gasteiger partial charge in [-0.3, -0.25) is 9.17 Å². The molecule has 0 radical (unpaired) electrons. The van der Waals surface area contributed by atoms with Crippen molar-refractivity contribution in [2.24, 2.45) is 0 Å². The normalized spacial score (nSPS) is 9.20. The number of hydrogen-bond donors (Lipinski definition) is 1. The molecule has 0 amide bonds. The van der Waals surface area contributed by atoms with E-state index in [1.54, 1.807) is 0 Å². The number of nitriles is 1. The maximum absolute atomic E-state index is 10.7. The summed E-state index contributed by atoms with van der Waals surface area (Å²) in [4.78, 5) is 10.7. The number of H-pyrrole nitrogens is 1. The molecule has 0 aliphatic carbocycles. The van der Waals surface area contributed by atoms with Crippen molar-refractivity contribution in [2.45, 2.75) is 4.21 Å². The van der Waals surface area contributed by atoms with Gasteiger partial charge in [0.25, 0.3) is 5.56 Å². The zero-order chi connectivity index (χ0) is 7.56. The lowest BCUT2D eigenvalue weighted by Gasteiger charge is -1.82. The van der Waals surface area contributed by atoms with Gasteiger partial charge in [-0.1, -0.05) is 11.5 Å². The van der Waals surface area contributed by atoms with Crippen LogP contribution in [0.1, 0.15) is 5.56 Å². The predicted octanol–water partition coefficient (Wildman–Crippen LogP) is 1.03. The van der Waals surface area contributed by atoms with Crippen LogP contribution in [0, 0.1) is 11.3 Å². The Morgan fingerprint density at radius 2 is 2.50 bits per heavy atom. The van der Waals surface area contributed by atoms with Crippen LogP contribution in [0.5, 0.6) is 0 Å². The summed E-state index contributed by atoms with van der Waals surface area (Å²) in [5.41, 5.74) is -0.0469. The van der Waals surface area contributed by atoms with E-state index in [0.29, 0.717) is 0 Å². The highest BCUT2D eigenvalue weighted by Crippen LogP contribution is 2.19. The smallest absolute Gasteiger partial charge is 0.276 e. The summed E-state index contributed by atoms with van der Waals surface area (Å²) in [5.74, 6) is 0. The van der Waals surface area contributed by atoms with E-state index < -0.39 is 0 Å². The summed E-state index contributed by atoms with van der Waals surface area (Å²) in [7, 11) is 0. The van der Waals surface area contributed by atoms with Crippen LogP contribution in [0.2, 0.25) is 0 Å². The predicted molar refractivity (Wildman–Crippen MR) is 41.4 cm³/mol. The van der Waals surface area contributed by atoms with Gasteiger partial charge in [0, 0.05) is 0 Å². The molecule has 1 N–H and O–H groups in total. The van der Waals surface area contributed by atoms with Gasteiger partial charge in [-0.15, -0.1) is 11.8 Å². The standard InChI is InChI=1S/C5H4N2OS2/c1-9-5-3(2-6)4(8)7-10-5/h1H3,(H,7,8). The Hall–Kier alpha value is -0.730. The van der Waals surface area contributed by atoms with Crippen LogP contribution in [0.3, 0.4) is 0 Å². The fourth-order valence-electron chi connectivity index (χ4n) is 0.528. The molecular formula is C5H4N2OS2. The van der Waals surface area contributed by atoms with Gasteiger partial charge in [0.2, 0.25) is 0 Å². The number of thioether (sulfide) groups is 1. The topological polar surface area (TPSA) is 56.6 Å². The average molecular weight is 172 g/mol. The van der Waals surface area contributed by atoms with Crippen LogP contribution >= 0.6 is 23.3 Å². The van der Waals surface area contributed by atoms with Crippen LogP contribution in [0.15, 0.2) is 9.00 Å². The summed E-state index contributed by atoms with van der Waals surface area (Å²) in [6, 6.07) is 1.84. The summed E-state index contributed by atoms with van der Waals surface area (Å²) < 4.78 is 3.24. The zero-order valence-electron chi connectivity index (χ0n) is 5.17. The van der Waals surface area contributed by atoms with Gasteiger partial charge >= 0.3 is 0 Å². The third-order valence-corrected chi connectivity index (χ3v) is 2.97. The number of aromatic amines is 1. The first-order valence-electron chi connectivity index (χ1n) is 2.45. The molecule has 1 aromatic heterocycles. The van der Waals surface area contributed by atoms with Crippen molar-refractivity contribution in [2.75, 3.05) is 6.26 Å². The molecule has 0 fully saturated rings. The van der Waals surface area contributed by atoms with Crippen molar-refractivity contribution in [3.63, 3.8) is 0 Å². The first kappa shape index (κ1) is 7.38. The first-order chi connectivity index (χ1) is 4.79. The quantitative estimate of drug-likeness (QED) is 0.644. The van der Waals surface area contributed by atoms with E-state index >= 15 is 0 Å². The summed E-state index contributed by atoms with van der Waals surface area (Å²) >= 11 is 2.61. The minimum absolute atomic E-state index is 0.234. The van der Waals surface area contributed by atoms with E-state index in [-0.39, 0.29) is 11.1 Å². The van der Waals surface area contributed by atoms with Gasteiger partial charge < -0.3 is 0 Å². The second-order valence-electron chi connectivity index (χ2n) is 1.51. The minimum atomic E-state index is -0.281. The molecule has 1 heterocycles. The molecule has 5 heteroatoms. The Kier molecular flexibility index (Phi) is 2.14. The van der Waals surface area contributed by atoms with Crippen LogP contribution in [-0.4, -0.2) is 10.6 Å². The molecule has 0 unspecified atom stereocenters. The molecular weight excluding hydrogens is 168 g/mol. The lowest BCUT2D eigenvalue weighted by Crippen LogP contribution is -2.00. The SMILES string of the molecule is CSc1s[nH]c(=O)c1C#N. The average Bonchev–Trinajstić information content (AvgIpc) is 2.30. The van der Waals surface area contributed by atoms with E-state index in [4.69, 9.17) is 5.26 Å².